The van der Waals surface area contributed by atoms with Gasteiger partial charge in [-0.05, 0) is 43.4 Å². The zero-order chi connectivity index (χ0) is 20.2. The van der Waals surface area contributed by atoms with Gasteiger partial charge in [-0.25, -0.2) is 9.67 Å². The van der Waals surface area contributed by atoms with Crippen LogP contribution in [0.5, 0.6) is 0 Å². The van der Waals surface area contributed by atoms with Crippen LogP contribution in [-0.4, -0.2) is 39.0 Å². The van der Waals surface area contributed by atoms with Crippen molar-refractivity contribution in [1.29, 1.82) is 0 Å². The van der Waals surface area contributed by atoms with Crippen molar-refractivity contribution in [3.8, 4) is 0 Å². The van der Waals surface area contributed by atoms with Gasteiger partial charge in [0.25, 0.3) is 0 Å². The van der Waals surface area contributed by atoms with Crippen molar-refractivity contribution >= 4 is 22.7 Å². The average Bonchev–Trinajstić information content (AvgIpc) is 3.23. The molecule has 7 heteroatoms. The fourth-order valence-corrected chi connectivity index (χ4v) is 4.49. The maximum Gasteiger partial charge on any atom is 0.229 e. The minimum Gasteiger partial charge on any atom is -0.381 e. The van der Waals surface area contributed by atoms with Crippen LogP contribution in [0.2, 0.25) is 0 Å². The van der Waals surface area contributed by atoms with Crippen LogP contribution in [0.3, 0.4) is 0 Å². The molecule has 1 saturated heterocycles. The summed E-state index contributed by atoms with van der Waals surface area (Å²) in [7, 11) is 0. The molecule has 5 rings (SSSR count). The van der Waals surface area contributed by atoms with Crippen molar-refractivity contribution in [3.63, 3.8) is 0 Å². The van der Waals surface area contributed by atoms with Crippen LogP contribution in [0.25, 0.3) is 11.0 Å². The van der Waals surface area contributed by atoms with Crippen LogP contribution < -0.4 is 10.6 Å². The molecule has 0 radical (unpaired) electrons. The topological polar surface area (TPSA) is 76.9 Å². The lowest BCUT2D eigenvalue weighted by Crippen LogP contribution is -2.34. The molecular formula is C23H30N6O. The molecule has 0 spiro atoms. The summed E-state index contributed by atoms with van der Waals surface area (Å²) in [6.45, 7) is 2.61. The standard InChI is InChI=1S/C23H30N6O/c1-2-4-21(5-3-1)29-22-18(16-26-29)15-25-23(28-22)27-20-8-6-17(7-9-20)14-24-19-10-12-30-13-11-19/h6-9,15-16,19,21,24H,1-5,10-14H2,(H,25,27,28). The minimum atomic E-state index is 0.460. The van der Waals surface area contributed by atoms with E-state index in [1.807, 2.05) is 12.4 Å². The van der Waals surface area contributed by atoms with Crippen LogP contribution >= 0.6 is 0 Å². The third-order valence-corrected chi connectivity index (χ3v) is 6.28. The van der Waals surface area contributed by atoms with Gasteiger partial charge in [0.1, 0.15) is 0 Å². The number of ether oxygens (including phenoxy) is 1. The lowest BCUT2D eigenvalue weighted by Gasteiger charge is -2.23. The van der Waals surface area contributed by atoms with E-state index in [9.17, 15) is 0 Å². The Hall–Kier alpha value is -2.51. The van der Waals surface area contributed by atoms with E-state index in [4.69, 9.17) is 9.72 Å². The quantitative estimate of drug-likeness (QED) is 0.634. The summed E-state index contributed by atoms with van der Waals surface area (Å²) in [5.74, 6) is 0.619. The van der Waals surface area contributed by atoms with E-state index >= 15 is 0 Å². The number of aromatic nitrogens is 4. The number of anilines is 2. The van der Waals surface area contributed by atoms with Gasteiger partial charge in [0.05, 0.1) is 17.6 Å². The number of benzene rings is 1. The summed E-state index contributed by atoms with van der Waals surface area (Å²) >= 11 is 0. The molecule has 2 aromatic heterocycles. The third-order valence-electron chi connectivity index (χ3n) is 6.28. The number of hydrogen-bond donors (Lipinski definition) is 2. The molecule has 2 fully saturated rings. The fraction of sp³-hybridized carbons (Fsp3) is 0.522. The second kappa shape index (κ2) is 9.10. The summed E-state index contributed by atoms with van der Waals surface area (Å²) < 4.78 is 7.53. The Balaban J connectivity index is 1.24. The van der Waals surface area contributed by atoms with E-state index in [1.165, 1.54) is 37.7 Å². The first-order valence-corrected chi connectivity index (χ1v) is 11.2. The molecule has 0 amide bonds. The SMILES string of the molecule is c1cc(Nc2ncc3cnn(C4CCCCC4)c3n2)ccc1CNC1CCOCC1. The third kappa shape index (κ3) is 4.47. The molecule has 2 aliphatic rings. The van der Waals surface area contributed by atoms with E-state index in [0.29, 0.717) is 18.0 Å². The van der Waals surface area contributed by atoms with Crippen LogP contribution in [0, 0.1) is 0 Å². The summed E-state index contributed by atoms with van der Waals surface area (Å²) in [5, 5.41) is 12.6. The average molecular weight is 407 g/mol. The highest BCUT2D eigenvalue weighted by Crippen LogP contribution is 2.30. The van der Waals surface area contributed by atoms with Crippen LogP contribution in [0.4, 0.5) is 11.6 Å². The first kappa shape index (κ1) is 19.5. The van der Waals surface area contributed by atoms with Gasteiger partial charge < -0.3 is 15.4 Å². The highest BCUT2D eigenvalue weighted by molar-refractivity contribution is 5.75. The Kier molecular flexibility index (Phi) is 5.90. The normalized spacial score (nSPS) is 18.7. The summed E-state index contributed by atoms with van der Waals surface area (Å²) in [6.07, 6.45) is 12.2. The fourth-order valence-electron chi connectivity index (χ4n) is 4.49. The Labute approximate surface area is 177 Å². The molecule has 2 N–H and O–H groups in total. The second-order valence-corrected chi connectivity index (χ2v) is 8.44. The maximum absolute atomic E-state index is 5.42. The minimum absolute atomic E-state index is 0.460. The summed E-state index contributed by atoms with van der Waals surface area (Å²) in [6, 6.07) is 9.51. The van der Waals surface area contributed by atoms with Crippen molar-refractivity contribution in [3.05, 3.63) is 42.2 Å². The number of fused-ring (bicyclic) bond motifs is 1. The van der Waals surface area contributed by atoms with Gasteiger partial charge >= 0.3 is 0 Å². The first-order chi connectivity index (χ1) is 14.8. The second-order valence-electron chi connectivity index (χ2n) is 8.44. The zero-order valence-electron chi connectivity index (χ0n) is 17.4. The monoisotopic (exact) mass is 406 g/mol. The van der Waals surface area contributed by atoms with Gasteiger partial charge in [-0.2, -0.15) is 10.1 Å². The van der Waals surface area contributed by atoms with Gasteiger partial charge in [0, 0.05) is 37.7 Å². The van der Waals surface area contributed by atoms with Crippen molar-refractivity contribution in [2.75, 3.05) is 18.5 Å². The Bertz CT molecular complexity index is 957. The summed E-state index contributed by atoms with van der Waals surface area (Å²) in [4.78, 5) is 9.26. The van der Waals surface area contributed by atoms with Gasteiger partial charge in [0.15, 0.2) is 5.65 Å². The van der Waals surface area contributed by atoms with Gasteiger partial charge in [-0.15, -0.1) is 0 Å². The highest BCUT2D eigenvalue weighted by Gasteiger charge is 2.19. The first-order valence-electron chi connectivity index (χ1n) is 11.2. The predicted octanol–water partition coefficient (Wildman–Crippen LogP) is 4.34. The molecule has 158 valence electrons. The van der Waals surface area contributed by atoms with E-state index < -0.39 is 0 Å². The molecule has 7 nitrogen and oxygen atoms in total. The Morgan fingerprint density at radius 3 is 2.57 bits per heavy atom. The van der Waals surface area contributed by atoms with E-state index in [2.05, 4.69) is 49.7 Å². The molecule has 30 heavy (non-hydrogen) atoms. The summed E-state index contributed by atoms with van der Waals surface area (Å²) in [5.41, 5.74) is 3.20. The molecule has 3 aromatic rings. The Morgan fingerprint density at radius 1 is 0.967 bits per heavy atom. The van der Waals surface area contributed by atoms with Crippen molar-refractivity contribution < 1.29 is 4.74 Å². The number of nitrogens with zero attached hydrogens (tertiary/aromatic N) is 4. The van der Waals surface area contributed by atoms with Gasteiger partial charge in [0.2, 0.25) is 5.95 Å². The molecule has 0 bridgehead atoms. The molecule has 1 aliphatic carbocycles. The lowest BCUT2D eigenvalue weighted by molar-refractivity contribution is 0.0776. The largest absolute Gasteiger partial charge is 0.381 e. The van der Waals surface area contributed by atoms with Gasteiger partial charge in [-0.3, -0.25) is 0 Å². The van der Waals surface area contributed by atoms with Crippen molar-refractivity contribution in [2.24, 2.45) is 0 Å². The maximum atomic E-state index is 5.42. The van der Waals surface area contributed by atoms with E-state index in [-0.39, 0.29) is 0 Å². The van der Waals surface area contributed by atoms with Crippen LogP contribution in [-0.2, 0) is 11.3 Å². The molecule has 1 saturated carbocycles. The molecule has 0 atom stereocenters. The van der Waals surface area contributed by atoms with Crippen LogP contribution in [0.1, 0.15) is 56.6 Å². The van der Waals surface area contributed by atoms with Crippen molar-refractivity contribution in [1.82, 2.24) is 25.1 Å². The molecule has 3 heterocycles. The Morgan fingerprint density at radius 2 is 1.77 bits per heavy atom. The molecule has 1 aliphatic heterocycles. The highest BCUT2D eigenvalue weighted by atomic mass is 16.5. The van der Waals surface area contributed by atoms with Crippen LogP contribution in [0.15, 0.2) is 36.7 Å². The van der Waals surface area contributed by atoms with Gasteiger partial charge in [-0.1, -0.05) is 31.4 Å². The predicted molar refractivity (Wildman–Crippen MR) is 118 cm³/mol. The number of rotatable bonds is 6. The number of hydrogen-bond acceptors (Lipinski definition) is 6. The lowest BCUT2D eigenvalue weighted by atomic mass is 9.96. The zero-order valence-corrected chi connectivity index (χ0v) is 17.4. The molecule has 1 aromatic carbocycles. The smallest absolute Gasteiger partial charge is 0.229 e. The van der Waals surface area contributed by atoms with Crippen molar-refractivity contribution in [2.45, 2.75) is 63.6 Å². The van der Waals surface area contributed by atoms with E-state index in [0.717, 1.165) is 49.3 Å². The van der Waals surface area contributed by atoms with E-state index in [1.54, 1.807) is 0 Å². The molecule has 0 unspecified atom stereocenters. The molecular weight excluding hydrogens is 376 g/mol. The number of nitrogens with one attached hydrogen (secondary N) is 2.